The molecule has 0 saturated carbocycles. The number of thiophene rings is 1. The smallest absolute Gasteiger partial charge is 0.251 e. The van der Waals surface area contributed by atoms with Crippen molar-refractivity contribution in [3.05, 3.63) is 65.2 Å². The lowest BCUT2D eigenvalue weighted by Crippen LogP contribution is -2.29. The van der Waals surface area contributed by atoms with Crippen LogP contribution in [0.5, 0.6) is 34.5 Å². The highest BCUT2D eigenvalue weighted by atomic mass is 32.2. The number of aromatic hydroxyl groups is 4. The van der Waals surface area contributed by atoms with Crippen LogP contribution in [-0.2, 0) is 10.0 Å². The van der Waals surface area contributed by atoms with Gasteiger partial charge in [-0.1, -0.05) is 0 Å². The van der Waals surface area contributed by atoms with Crippen LogP contribution in [0.4, 0.5) is 8.78 Å². The van der Waals surface area contributed by atoms with Crippen LogP contribution in [0.1, 0.15) is 20.7 Å². The van der Waals surface area contributed by atoms with Gasteiger partial charge in [-0.15, -0.1) is 11.3 Å². The summed E-state index contributed by atoms with van der Waals surface area (Å²) in [6.45, 7) is -1.30. The number of amides is 2. The van der Waals surface area contributed by atoms with Crippen LogP contribution in [0, 0.1) is 11.6 Å². The largest absolute Gasteiger partial charge is 0.504 e. The van der Waals surface area contributed by atoms with E-state index >= 15 is 8.78 Å². The van der Waals surface area contributed by atoms with Crippen molar-refractivity contribution in [1.29, 1.82) is 0 Å². The molecule has 17 heteroatoms. The first kappa shape index (κ1) is 31.1. The number of hydrogen-bond donors (Lipinski definition) is 7. The van der Waals surface area contributed by atoms with Gasteiger partial charge in [-0.25, -0.2) is 22.3 Å². The Morgan fingerprint density at radius 1 is 0.767 bits per heavy atom. The molecular weight excluding hydrogens is 616 g/mol. The fraction of sp³-hybridized carbons (Fsp3) is 0.154. The Bertz CT molecular complexity index is 1720. The molecule has 4 rings (SSSR count). The number of primary sulfonamides is 1. The Kier molecular flexibility index (Phi) is 9.07. The monoisotopic (exact) mass is 639 g/mol. The van der Waals surface area contributed by atoms with E-state index in [0.29, 0.717) is 11.3 Å². The standard InChI is InChI=1S/C26H23F2N3O10S2/c27-20-14-11-19(43(29,38)39)42-24(14)21(28)23(41-8-6-31-26(37)13-2-4-16(33)18(35)10-13)22(20)40-7-5-30-25(36)12-1-3-15(32)17(34)9-12/h1-4,9-11,32-35H,5-8H2,(H,30,36)(H,31,37)(H2,29,38,39). The van der Waals surface area contributed by atoms with Gasteiger partial charge in [0.25, 0.3) is 11.8 Å². The van der Waals surface area contributed by atoms with Crippen molar-refractivity contribution < 1.29 is 56.7 Å². The van der Waals surface area contributed by atoms with E-state index in [1.54, 1.807) is 0 Å². The number of fused-ring (bicyclic) bond motifs is 1. The predicted molar refractivity (Wildman–Crippen MR) is 148 cm³/mol. The zero-order chi connectivity index (χ0) is 31.5. The van der Waals surface area contributed by atoms with E-state index in [9.17, 15) is 38.4 Å². The summed E-state index contributed by atoms with van der Waals surface area (Å²) in [5.74, 6) is -7.07. The maximum Gasteiger partial charge on any atom is 0.251 e. The van der Waals surface area contributed by atoms with Crippen molar-refractivity contribution in [1.82, 2.24) is 10.6 Å². The Labute approximate surface area is 245 Å². The first-order chi connectivity index (χ1) is 20.3. The highest BCUT2D eigenvalue weighted by Gasteiger charge is 2.27. The SMILES string of the molecule is NS(=O)(=O)c1cc2c(F)c(OCCNC(=O)c3ccc(O)c(O)c3)c(OCCNC(=O)c3ccc(O)c(O)c3)c(F)c2s1. The second-order valence-electron chi connectivity index (χ2n) is 8.76. The van der Waals surface area contributed by atoms with Crippen LogP contribution < -0.4 is 25.2 Å². The summed E-state index contributed by atoms with van der Waals surface area (Å²) in [4.78, 5) is 24.6. The number of phenolic OH excluding ortho intramolecular Hbond substituents is 4. The molecule has 228 valence electrons. The first-order valence-corrected chi connectivity index (χ1v) is 14.5. The second-order valence-corrected chi connectivity index (χ2v) is 11.6. The number of benzene rings is 3. The molecular formula is C26H23F2N3O10S2. The van der Waals surface area contributed by atoms with Crippen LogP contribution in [-0.4, -0.2) is 67.0 Å². The van der Waals surface area contributed by atoms with Gasteiger partial charge in [0.15, 0.2) is 34.6 Å². The summed E-state index contributed by atoms with van der Waals surface area (Å²) in [5, 5.41) is 47.4. The average molecular weight is 640 g/mol. The highest BCUT2D eigenvalue weighted by Crippen LogP contribution is 2.43. The fourth-order valence-corrected chi connectivity index (χ4v) is 5.50. The molecule has 1 aromatic heterocycles. The van der Waals surface area contributed by atoms with Gasteiger partial charge in [0, 0.05) is 16.5 Å². The first-order valence-electron chi connectivity index (χ1n) is 12.1. The van der Waals surface area contributed by atoms with Gasteiger partial charge in [0.05, 0.1) is 17.8 Å². The lowest BCUT2D eigenvalue weighted by atomic mass is 10.2. The van der Waals surface area contributed by atoms with Crippen molar-refractivity contribution in [2.75, 3.05) is 26.3 Å². The number of halogens is 2. The normalized spacial score (nSPS) is 11.3. The number of nitrogens with two attached hydrogens (primary N) is 1. The molecule has 3 aromatic carbocycles. The molecule has 0 radical (unpaired) electrons. The van der Waals surface area contributed by atoms with Gasteiger partial charge in [-0.3, -0.25) is 9.59 Å². The number of carbonyl (C=O) groups is 2. The molecule has 0 saturated heterocycles. The molecule has 43 heavy (non-hydrogen) atoms. The lowest BCUT2D eigenvalue weighted by molar-refractivity contribution is 0.0936. The second kappa shape index (κ2) is 12.6. The third-order valence-electron chi connectivity index (χ3n) is 5.77. The summed E-state index contributed by atoms with van der Waals surface area (Å²) in [6, 6.07) is 7.56. The maximum atomic E-state index is 15.5. The molecule has 0 unspecified atom stereocenters. The molecule has 8 N–H and O–H groups in total. The number of hydrogen-bond acceptors (Lipinski definition) is 11. The molecule has 13 nitrogen and oxygen atoms in total. The molecule has 0 aliphatic carbocycles. The van der Waals surface area contributed by atoms with Crippen LogP contribution in [0.2, 0.25) is 0 Å². The summed E-state index contributed by atoms with van der Waals surface area (Å²) in [5.41, 5.74) is -0.00651. The van der Waals surface area contributed by atoms with Gasteiger partial charge in [0.2, 0.25) is 21.5 Å². The van der Waals surface area contributed by atoms with E-state index in [1.807, 2.05) is 0 Å². The van der Waals surface area contributed by atoms with Crippen LogP contribution in [0.25, 0.3) is 10.1 Å². The van der Waals surface area contributed by atoms with Crippen LogP contribution >= 0.6 is 11.3 Å². The third-order valence-corrected chi connectivity index (χ3v) is 8.32. The zero-order valence-corrected chi connectivity index (χ0v) is 23.4. The van der Waals surface area contributed by atoms with Crippen molar-refractivity contribution in [2.45, 2.75) is 4.21 Å². The minimum atomic E-state index is -4.31. The fourth-order valence-electron chi connectivity index (χ4n) is 3.69. The quantitative estimate of drug-likeness (QED) is 0.0938. The molecule has 0 aliphatic rings. The molecule has 0 fully saturated rings. The van der Waals surface area contributed by atoms with Gasteiger partial charge in [0.1, 0.15) is 17.4 Å². The lowest BCUT2D eigenvalue weighted by Gasteiger charge is -2.16. The number of nitrogens with one attached hydrogen (secondary N) is 2. The number of phenols is 4. The van der Waals surface area contributed by atoms with Gasteiger partial charge < -0.3 is 40.5 Å². The zero-order valence-electron chi connectivity index (χ0n) is 21.8. The van der Waals surface area contributed by atoms with Crippen molar-refractivity contribution >= 4 is 43.3 Å². The summed E-state index contributed by atoms with van der Waals surface area (Å²) in [6.07, 6.45) is 0. The van der Waals surface area contributed by atoms with Gasteiger partial charge >= 0.3 is 0 Å². The van der Waals surface area contributed by atoms with E-state index < -0.39 is 95.5 Å². The van der Waals surface area contributed by atoms with Crippen molar-refractivity contribution in [2.24, 2.45) is 5.14 Å². The van der Waals surface area contributed by atoms with Crippen molar-refractivity contribution in [3.8, 4) is 34.5 Å². The van der Waals surface area contributed by atoms with E-state index in [1.165, 1.54) is 12.1 Å². The Hall–Kier alpha value is -4.87. The summed E-state index contributed by atoms with van der Waals surface area (Å²) < 4.78 is 64.5. The van der Waals surface area contributed by atoms with E-state index in [0.717, 1.165) is 30.3 Å². The van der Waals surface area contributed by atoms with Gasteiger partial charge in [-0.05, 0) is 42.5 Å². The van der Waals surface area contributed by atoms with Gasteiger partial charge in [-0.2, -0.15) is 0 Å². The average Bonchev–Trinajstić information content (AvgIpc) is 3.42. The number of sulfonamides is 1. The molecule has 0 aliphatic heterocycles. The molecule has 0 bridgehead atoms. The minimum absolute atomic E-state index is 0.00311. The highest BCUT2D eigenvalue weighted by molar-refractivity contribution is 7.91. The molecule has 0 spiro atoms. The van der Waals surface area contributed by atoms with E-state index in [2.05, 4.69) is 10.6 Å². The summed E-state index contributed by atoms with van der Waals surface area (Å²) >= 11 is 0.371. The molecule has 2 amide bonds. The molecule has 0 atom stereocenters. The molecule has 1 heterocycles. The van der Waals surface area contributed by atoms with Crippen molar-refractivity contribution in [3.63, 3.8) is 0 Å². The van der Waals surface area contributed by atoms with E-state index in [4.69, 9.17) is 14.6 Å². The topological polar surface area (TPSA) is 218 Å². The van der Waals surface area contributed by atoms with Crippen LogP contribution in [0.3, 0.4) is 0 Å². The number of rotatable bonds is 11. The minimum Gasteiger partial charge on any atom is -0.504 e. The Morgan fingerprint density at radius 3 is 1.67 bits per heavy atom. The third kappa shape index (κ3) is 6.96. The van der Waals surface area contributed by atoms with E-state index in [-0.39, 0.29) is 24.2 Å². The number of carbonyl (C=O) groups excluding carboxylic acids is 2. The number of ether oxygens (including phenoxy) is 2. The molecule has 4 aromatic rings. The van der Waals surface area contributed by atoms with Crippen LogP contribution in [0.15, 0.2) is 46.7 Å². The summed E-state index contributed by atoms with van der Waals surface area (Å²) in [7, 11) is -4.31. The maximum absolute atomic E-state index is 15.5. The predicted octanol–water partition coefficient (Wildman–Crippen LogP) is 2.27. The Balaban J connectivity index is 1.50. The Morgan fingerprint density at radius 2 is 1.23 bits per heavy atom.